The number of carbonyl (C=O) groups excluding carboxylic acids is 1. The highest BCUT2D eigenvalue weighted by atomic mass is 35.5. The van der Waals surface area contributed by atoms with Crippen molar-refractivity contribution >= 4 is 40.9 Å². The molecular weight excluding hydrogens is 438 g/mol. The van der Waals surface area contributed by atoms with E-state index in [1.165, 1.54) is 18.9 Å². The molecule has 3 aromatic rings. The van der Waals surface area contributed by atoms with E-state index in [2.05, 4.69) is 15.5 Å². The number of hydrogen-bond donors (Lipinski definition) is 2. The van der Waals surface area contributed by atoms with Crippen molar-refractivity contribution in [1.82, 2.24) is 14.8 Å². The van der Waals surface area contributed by atoms with E-state index in [1.54, 1.807) is 29.9 Å². The highest BCUT2D eigenvalue weighted by Gasteiger charge is 2.26. The number of nitrogens with two attached hydrogens (primary N) is 1. The van der Waals surface area contributed by atoms with Crippen LogP contribution in [0.1, 0.15) is 24.9 Å². The number of thioether (sulfide) groups is 1. The molecule has 0 radical (unpaired) electrons. The summed E-state index contributed by atoms with van der Waals surface area (Å²) in [6.45, 7) is 1.90. The maximum Gasteiger partial charge on any atom is 0.247 e. The Morgan fingerprint density at radius 3 is 2.68 bits per heavy atom. The third-order valence-corrected chi connectivity index (χ3v) is 6.03. The third kappa shape index (κ3) is 5.23. The van der Waals surface area contributed by atoms with Gasteiger partial charge in [-0.25, -0.2) is 0 Å². The van der Waals surface area contributed by atoms with E-state index in [4.69, 9.17) is 26.8 Å². The maximum atomic E-state index is 13.2. The first-order valence-electron chi connectivity index (χ1n) is 9.57. The van der Waals surface area contributed by atoms with Crippen LogP contribution >= 0.6 is 23.4 Å². The minimum absolute atomic E-state index is 0.168. The van der Waals surface area contributed by atoms with E-state index in [0.717, 1.165) is 5.56 Å². The number of amides is 1. The Labute approximate surface area is 190 Å². The summed E-state index contributed by atoms with van der Waals surface area (Å²) >= 11 is 7.67. The van der Waals surface area contributed by atoms with Gasteiger partial charge in [-0.15, -0.1) is 10.2 Å². The first kappa shape index (κ1) is 22.8. The molecule has 0 saturated carbocycles. The van der Waals surface area contributed by atoms with Gasteiger partial charge in [0.2, 0.25) is 11.9 Å². The lowest BCUT2D eigenvalue weighted by molar-refractivity contribution is -0.119. The van der Waals surface area contributed by atoms with Crippen LogP contribution in [-0.2, 0) is 10.5 Å². The molecule has 31 heavy (non-hydrogen) atoms. The standard InChI is InChI=1S/C21H24ClN5O3S/c1-4-17(19(28)24-16-11-14(29-2)9-10-18(16)30-3)27-20(23)25-26-21(27)31-12-13-7-5-6-8-15(13)22/h5-11,17H,4,12H2,1-3H3,(H2,23,25)(H,24,28). The molecule has 0 aliphatic carbocycles. The minimum atomic E-state index is -0.611. The number of nitrogen functional groups attached to an aromatic ring is 1. The Morgan fingerprint density at radius 2 is 2.00 bits per heavy atom. The molecule has 0 aliphatic heterocycles. The average Bonchev–Trinajstić information content (AvgIpc) is 3.14. The number of halogens is 1. The van der Waals surface area contributed by atoms with Crippen LogP contribution in [0, 0.1) is 0 Å². The van der Waals surface area contributed by atoms with Crippen LogP contribution in [-0.4, -0.2) is 34.9 Å². The Hall–Kier alpha value is -2.91. The number of methoxy groups -OCH3 is 2. The number of benzene rings is 2. The number of aromatic nitrogens is 3. The van der Waals surface area contributed by atoms with Crippen molar-refractivity contribution < 1.29 is 14.3 Å². The summed E-state index contributed by atoms with van der Waals surface area (Å²) in [6, 6.07) is 12.1. The summed E-state index contributed by atoms with van der Waals surface area (Å²) in [6.07, 6.45) is 0.486. The van der Waals surface area contributed by atoms with Gasteiger partial charge in [-0.2, -0.15) is 0 Å². The number of nitrogens with one attached hydrogen (secondary N) is 1. The molecule has 1 amide bonds. The van der Waals surface area contributed by atoms with Crippen molar-refractivity contribution in [3.63, 3.8) is 0 Å². The zero-order chi connectivity index (χ0) is 22.4. The van der Waals surface area contributed by atoms with Crippen LogP contribution in [0.3, 0.4) is 0 Å². The Kier molecular flexibility index (Phi) is 7.64. The average molecular weight is 462 g/mol. The highest BCUT2D eigenvalue weighted by molar-refractivity contribution is 7.98. The molecule has 1 atom stereocenters. The van der Waals surface area contributed by atoms with Crippen LogP contribution in [0.2, 0.25) is 5.02 Å². The Balaban J connectivity index is 1.83. The van der Waals surface area contributed by atoms with Crippen molar-refractivity contribution in [2.75, 3.05) is 25.3 Å². The van der Waals surface area contributed by atoms with Crippen LogP contribution in [0.4, 0.5) is 11.6 Å². The van der Waals surface area contributed by atoms with Crippen molar-refractivity contribution in [1.29, 1.82) is 0 Å². The number of ether oxygens (including phenoxy) is 2. The second-order valence-electron chi connectivity index (χ2n) is 6.57. The molecule has 164 valence electrons. The smallest absolute Gasteiger partial charge is 0.247 e. The quantitative estimate of drug-likeness (QED) is 0.454. The van der Waals surface area contributed by atoms with Gasteiger partial charge in [0.1, 0.15) is 17.5 Å². The van der Waals surface area contributed by atoms with Gasteiger partial charge in [0, 0.05) is 16.8 Å². The maximum absolute atomic E-state index is 13.2. The van der Waals surface area contributed by atoms with Gasteiger partial charge in [0.15, 0.2) is 5.16 Å². The number of nitrogens with zero attached hydrogens (tertiary/aromatic N) is 3. The van der Waals surface area contributed by atoms with Gasteiger partial charge in [0.05, 0.1) is 19.9 Å². The molecule has 2 aromatic carbocycles. The molecule has 0 spiro atoms. The molecule has 0 fully saturated rings. The fourth-order valence-corrected chi connectivity index (χ4v) is 4.33. The normalized spacial score (nSPS) is 11.7. The lowest BCUT2D eigenvalue weighted by atomic mass is 10.2. The molecular formula is C21H24ClN5O3S. The number of anilines is 2. The number of carbonyl (C=O) groups is 1. The zero-order valence-corrected chi connectivity index (χ0v) is 19.0. The van der Waals surface area contributed by atoms with Crippen LogP contribution in [0.25, 0.3) is 0 Å². The second-order valence-corrected chi connectivity index (χ2v) is 7.92. The molecule has 0 aliphatic rings. The Bertz CT molecular complexity index is 1060. The fourth-order valence-electron chi connectivity index (χ4n) is 3.05. The fraction of sp³-hybridized carbons (Fsp3) is 0.286. The summed E-state index contributed by atoms with van der Waals surface area (Å²) < 4.78 is 12.2. The summed E-state index contributed by atoms with van der Waals surface area (Å²) in [5.41, 5.74) is 7.54. The summed E-state index contributed by atoms with van der Waals surface area (Å²) in [5.74, 6) is 1.60. The largest absolute Gasteiger partial charge is 0.497 e. The molecule has 0 bridgehead atoms. The molecule has 3 rings (SSSR count). The molecule has 0 saturated heterocycles. The summed E-state index contributed by atoms with van der Waals surface area (Å²) in [4.78, 5) is 13.2. The van der Waals surface area contributed by atoms with Gasteiger partial charge in [0.25, 0.3) is 0 Å². The van der Waals surface area contributed by atoms with Gasteiger partial charge < -0.3 is 20.5 Å². The van der Waals surface area contributed by atoms with Gasteiger partial charge in [-0.3, -0.25) is 9.36 Å². The van der Waals surface area contributed by atoms with E-state index in [0.29, 0.717) is 39.5 Å². The van der Waals surface area contributed by atoms with E-state index < -0.39 is 6.04 Å². The summed E-state index contributed by atoms with van der Waals surface area (Å²) in [7, 11) is 3.10. The molecule has 1 unspecified atom stereocenters. The van der Waals surface area contributed by atoms with Gasteiger partial charge in [-0.05, 0) is 30.2 Å². The lowest BCUT2D eigenvalue weighted by Gasteiger charge is -2.20. The topological polar surface area (TPSA) is 104 Å². The van der Waals surface area contributed by atoms with E-state index in [-0.39, 0.29) is 11.9 Å². The molecule has 1 aromatic heterocycles. The first-order chi connectivity index (χ1) is 15.0. The van der Waals surface area contributed by atoms with Crippen LogP contribution in [0.5, 0.6) is 11.5 Å². The van der Waals surface area contributed by atoms with E-state index >= 15 is 0 Å². The molecule has 3 N–H and O–H groups in total. The predicted molar refractivity (Wildman–Crippen MR) is 123 cm³/mol. The van der Waals surface area contributed by atoms with Crippen molar-refractivity contribution in [3.8, 4) is 11.5 Å². The number of rotatable bonds is 9. The minimum Gasteiger partial charge on any atom is -0.497 e. The van der Waals surface area contributed by atoms with Gasteiger partial charge in [-0.1, -0.05) is 48.5 Å². The first-order valence-corrected chi connectivity index (χ1v) is 10.9. The molecule has 1 heterocycles. The third-order valence-electron chi connectivity index (χ3n) is 4.67. The Morgan fingerprint density at radius 1 is 1.23 bits per heavy atom. The molecule has 8 nitrogen and oxygen atoms in total. The van der Waals surface area contributed by atoms with Gasteiger partial charge >= 0.3 is 0 Å². The monoisotopic (exact) mass is 461 g/mol. The highest BCUT2D eigenvalue weighted by Crippen LogP contribution is 2.32. The second kappa shape index (κ2) is 10.4. The predicted octanol–water partition coefficient (Wildman–Crippen LogP) is 4.41. The number of hydrogen-bond acceptors (Lipinski definition) is 7. The van der Waals surface area contributed by atoms with E-state index in [1.807, 2.05) is 31.2 Å². The van der Waals surface area contributed by atoms with Crippen molar-refractivity contribution in [2.24, 2.45) is 0 Å². The molecule has 10 heteroatoms. The SMILES string of the molecule is CCC(C(=O)Nc1cc(OC)ccc1OC)n1c(N)nnc1SCc1ccccc1Cl. The van der Waals surface area contributed by atoms with Crippen LogP contribution in [0.15, 0.2) is 47.6 Å². The summed E-state index contributed by atoms with van der Waals surface area (Å²) in [5, 5.41) is 12.3. The lowest BCUT2D eigenvalue weighted by Crippen LogP contribution is -2.27. The van der Waals surface area contributed by atoms with Crippen molar-refractivity contribution in [2.45, 2.75) is 30.3 Å². The zero-order valence-electron chi connectivity index (χ0n) is 17.5. The van der Waals surface area contributed by atoms with Crippen molar-refractivity contribution in [3.05, 3.63) is 53.1 Å². The van der Waals surface area contributed by atoms with E-state index in [9.17, 15) is 4.79 Å². The van der Waals surface area contributed by atoms with Crippen LogP contribution < -0.4 is 20.5 Å².